The highest BCUT2D eigenvalue weighted by Gasteiger charge is 2.00. The van der Waals surface area contributed by atoms with Crippen molar-refractivity contribution in [2.45, 2.75) is 0 Å². The van der Waals surface area contributed by atoms with E-state index in [1.807, 2.05) is 26.0 Å². The van der Waals surface area contributed by atoms with Crippen LogP contribution in [0.3, 0.4) is 0 Å². The number of hydrogen-bond acceptors (Lipinski definition) is 4. The summed E-state index contributed by atoms with van der Waals surface area (Å²) in [5, 5.41) is 26.1. The number of phenolic OH excluding ortho intramolecular Hbond substituents is 3. The molecule has 0 aromatic heterocycles. The van der Waals surface area contributed by atoms with E-state index in [0.29, 0.717) is 0 Å². The zero-order chi connectivity index (χ0) is 10.4. The predicted octanol–water partition coefficient (Wildman–Crippen LogP) is 0.981. The van der Waals surface area contributed by atoms with Gasteiger partial charge in [0.25, 0.3) is 0 Å². The zero-order valence-corrected chi connectivity index (χ0v) is 8.02. The van der Waals surface area contributed by atoms with Crippen LogP contribution in [-0.4, -0.2) is 41.4 Å². The Morgan fingerprint density at radius 1 is 0.923 bits per heavy atom. The number of aromatic hydroxyl groups is 3. The van der Waals surface area contributed by atoms with E-state index in [0.717, 1.165) is 0 Å². The minimum absolute atomic E-state index is 0.310. The Morgan fingerprint density at radius 3 is 1.46 bits per heavy atom. The molecule has 1 rings (SSSR count). The van der Waals surface area contributed by atoms with Crippen molar-refractivity contribution in [2.24, 2.45) is 0 Å². The van der Waals surface area contributed by atoms with Crippen LogP contribution in [0.25, 0.3) is 0 Å². The van der Waals surface area contributed by atoms with Gasteiger partial charge in [0.2, 0.25) is 0 Å². The molecule has 4 heteroatoms. The maximum absolute atomic E-state index is 8.71. The van der Waals surface area contributed by atoms with Gasteiger partial charge in [-0.15, -0.1) is 0 Å². The van der Waals surface area contributed by atoms with E-state index in [1.54, 1.807) is 0 Å². The van der Waals surface area contributed by atoms with Crippen LogP contribution in [0.15, 0.2) is 18.2 Å². The highest BCUT2D eigenvalue weighted by atomic mass is 16.3. The molecular formula is C9H15NO3. The van der Waals surface area contributed by atoms with Crippen molar-refractivity contribution in [1.29, 1.82) is 0 Å². The predicted molar refractivity (Wildman–Crippen MR) is 51.0 cm³/mol. The number of phenols is 3. The topological polar surface area (TPSA) is 63.9 Å². The maximum Gasteiger partial charge on any atom is 0.200 e. The smallest absolute Gasteiger partial charge is 0.200 e. The van der Waals surface area contributed by atoms with Crippen LogP contribution in [0.2, 0.25) is 0 Å². The molecule has 4 nitrogen and oxygen atoms in total. The van der Waals surface area contributed by atoms with Crippen molar-refractivity contribution in [3.8, 4) is 17.2 Å². The molecule has 0 aliphatic carbocycles. The van der Waals surface area contributed by atoms with Gasteiger partial charge < -0.3 is 20.2 Å². The number of nitrogens with zero attached hydrogens (tertiary/aromatic N) is 1. The highest BCUT2D eigenvalue weighted by Crippen LogP contribution is 2.32. The Morgan fingerprint density at radius 2 is 1.23 bits per heavy atom. The van der Waals surface area contributed by atoms with E-state index in [2.05, 4.69) is 0 Å². The van der Waals surface area contributed by atoms with Crippen LogP contribution in [0.1, 0.15) is 0 Å². The summed E-state index contributed by atoms with van der Waals surface area (Å²) in [6.45, 7) is 0. The largest absolute Gasteiger partial charge is 0.504 e. The molecule has 0 aliphatic heterocycles. The molecule has 74 valence electrons. The van der Waals surface area contributed by atoms with Gasteiger partial charge in [0.1, 0.15) is 0 Å². The summed E-state index contributed by atoms with van der Waals surface area (Å²) in [6.07, 6.45) is 0. The molecule has 3 N–H and O–H groups in total. The van der Waals surface area contributed by atoms with Gasteiger partial charge in [0.05, 0.1) is 0 Å². The number of benzene rings is 1. The van der Waals surface area contributed by atoms with Crippen LogP contribution < -0.4 is 0 Å². The third-order valence-electron chi connectivity index (χ3n) is 0.993. The van der Waals surface area contributed by atoms with Crippen molar-refractivity contribution < 1.29 is 15.3 Å². The number of rotatable bonds is 0. The lowest BCUT2D eigenvalue weighted by molar-refractivity contribution is 0.368. The van der Waals surface area contributed by atoms with Crippen molar-refractivity contribution in [3.05, 3.63) is 18.2 Å². The second-order valence-corrected chi connectivity index (χ2v) is 2.99. The Labute approximate surface area is 77.7 Å². The summed E-state index contributed by atoms with van der Waals surface area (Å²) in [7, 11) is 6.00. The summed E-state index contributed by atoms with van der Waals surface area (Å²) in [6, 6.07) is 4.01. The average Bonchev–Trinajstić information content (AvgIpc) is 1.99. The first kappa shape index (κ1) is 11.6. The fraction of sp³-hybridized carbons (Fsp3) is 0.333. The van der Waals surface area contributed by atoms with Crippen molar-refractivity contribution in [1.82, 2.24) is 4.90 Å². The Balaban J connectivity index is 0.000000310. The normalized spacial score (nSPS) is 9.23. The standard InChI is InChI=1S/C6H6O3.C3H9N/c7-4-2-1-3-5(8)6(4)9;1-4(2)3/h1-3,7-9H;1-3H3. The Bertz CT molecular complexity index is 238. The molecule has 0 spiro atoms. The second-order valence-electron chi connectivity index (χ2n) is 2.99. The van der Waals surface area contributed by atoms with Gasteiger partial charge in [0.15, 0.2) is 17.2 Å². The van der Waals surface area contributed by atoms with E-state index in [-0.39, 0.29) is 11.5 Å². The second kappa shape index (κ2) is 5.27. The lowest BCUT2D eigenvalue weighted by Gasteiger charge is -1.96. The van der Waals surface area contributed by atoms with Crippen LogP contribution in [0, 0.1) is 0 Å². The molecule has 0 saturated carbocycles. The lowest BCUT2D eigenvalue weighted by Crippen LogP contribution is -1.99. The molecule has 0 radical (unpaired) electrons. The van der Waals surface area contributed by atoms with Crippen LogP contribution in [0.4, 0.5) is 0 Å². The molecule has 0 aliphatic rings. The maximum atomic E-state index is 8.71. The minimum Gasteiger partial charge on any atom is -0.504 e. The summed E-state index contributed by atoms with van der Waals surface area (Å²) in [5.74, 6) is -1.09. The third-order valence-corrected chi connectivity index (χ3v) is 0.993. The van der Waals surface area contributed by atoms with Crippen molar-refractivity contribution in [3.63, 3.8) is 0 Å². The van der Waals surface area contributed by atoms with Gasteiger partial charge in [-0.2, -0.15) is 0 Å². The van der Waals surface area contributed by atoms with Gasteiger partial charge >= 0.3 is 0 Å². The van der Waals surface area contributed by atoms with E-state index < -0.39 is 5.75 Å². The number of hydrogen-bond donors (Lipinski definition) is 3. The SMILES string of the molecule is CN(C)C.Oc1cccc(O)c1O. The third kappa shape index (κ3) is 4.92. The van der Waals surface area contributed by atoms with Gasteiger partial charge in [-0.1, -0.05) is 6.07 Å². The molecule has 0 heterocycles. The van der Waals surface area contributed by atoms with Crippen molar-refractivity contribution >= 4 is 0 Å². The first-order valence-corrected chi connectivity index (χ1v) is 3.76. The summed E-state index contributed by atoms with van der Waals surface area (Å²) in [5.41, 5.74) is 0. The first-order chi connectivity index (χ1) is 5.95. The Hall–Kier alpha value is -1.42. The van der Waals surface area contributed by atoms with Crippen LogP contribution in [0.5, 0.6) is 17.2 Å². The summed E-state index contributed by atoms with van der Waals surface area (Å²) >= 11 is 0. The van der Waals surface area contributed by atoms with Gasteiger partial charge in [-0.25, -0.2) is 0 Å². The van der Waals surface area contributed by atoms with E-state index >= 15 is 0 Å². The molecule has 1 aromatic carbocycles. The van der Waals surface area contributed by atoms with E-state index in [9.17, 15) is 0 Å². The average molecular weight is 185 g/mol. The van der Waals surface area contributed by atoms with Gasteiger partial charge in [-0.05, 0) is 33.3 Å². The van der Waals surface area contributed by atoms with Gasteiger partial charge in [0, 0.05) is 0 Å². The molecule has 0 bridgehead atoms. The van der Waals surface area contributed by atoms with Crippen LogP contribution >= 0.6 is 0 Å². The molecule has 0 saturated heterocycles. The molecule has 0 amide bonds. The Kier molecular flexibility index (Phi) is 4.69. The number of para-hydroxylation sites is 1. The van der Waals surface area contributed by atoms with E-state index in [4.69, 9.17) is 15.3 Å². The first-order valence-electron chi connectivity index (χ1n) is 3.76. The monoisotopic (exact) mass is 185 g/mol. The summed E-state index contributed by atoms with van der Waals surface area (Å²) in [4.78, 5) is 2.00. The van der Waals surface area contributed by atoms with Gasteiger partial charge in [-0.3, -0.25) is 0 Å². The molecule has 0 atom stereocenters. The fourth-order valence-electron chi connectivity index (χ4n) is 0.519. The minimum atomic E-state index is -0.475. The van der Waals surface area contributed by atoms with E-state index in [1.165, 1.54) is 18.2 Å². The molecular weight excluding hydrogens is 170 g/mol. The quantitative estimate of drug-likeness (QED) is 0.527. The highest BCUT2D eigenvalue weighted by molar-refractivity contribution is 5.47. The van der Waals surface area contributed by atoms with Crippen LogP contribution in [-0.2, 0) is 0 Å². The molecule has 0 unspecified atom stereocenters. The fourth-order valence-corrected chi connectivity index (χ4v) is 0.519. The molecule has 13 heavy (non-hydrogen) atoms. The zero-order valence-electron chi connectivity index (χ0n) is 8.02. The molecule has 1 aromatic rings. The lowest BCUT2D eigenvalue weighted by atomic mass is 10.3. The van der Waals surface area contributed by atoms with Crippen molar-refractivity contribution in [2.75, 3.05) is 21.1 Å². The summed E-state index contributed by atoms with van der Waals surface area (Å²) < 4.78 is 0. The molecule has 0 fully saturated rings.